The van der Waals surface area contributed by atoms with E-state index in [-0.39, 0.29) is 17.7 Å². The number of phenols is 1. The first kappa shape index (κ1) is 14.9. The van der Waals surface area contributed by atoms with Crippen molar-refractivity contribution in [3.8, 4) is 5.75 Å². The van der Waals surface area contributed by atoms with Gasteiger partial charge < -0.3 is 15.7 Å². The smallest absolute Gasteiger partial charge is 0.221 e. The zero-order chi connectivity index (χ0) is 15.4. The lowest BCUT2D eigenvalue weighted by Crippen LogP contribution is -2.10. The van der Waals surface area contributed by atoms with Crippen molar-refractivity contribution in [1.29, 1.82) is 0 Å². The van der Waals surface area contributed by atoms with E-state index in [1.54, 1.807) is 12.1 Å². The van der Waals surface area contributed by atoms with Crippen LogP contribution in [-0.4, -0.2) is 11.0 Å². The fourth-order valence-corrected chi connectivity index (χ4v) is 2.22. The summed E-state index contributed by atoms with van der Waals surface area (Å²) in [4.78, 5) is 11.1. The lowest BCUT2D eigenvalue weighted by Gasteiger charge is -2.18. The molecule has 1 amide bonds. The Balaban J connectivity index is 2.16. The van der Waals surface area contributed by atoms with Crippen molar-refractivity contribution in [1.82, 2.24) is 0 Å². The number of hydrogen-bond acceptors (Lipinski definition) is 3. The molecule has 4 heteroatoms. The van der Waals surface area contributed by atoms with E-state index in [0.29, 0.717) is 0 Å². The molecular formula is C17H20N2O2. The van der Waals surface area contributed by atoms with Crippen LogP contribution in [0.3, 0.4) is 0 Å². The standard InChI is InChI=1S/C17H20N2O2/c1-11-9-16(21)7-8-17(11)18-12(2)14-5-4-6-15(10-14)19-13(3)20/h4-10,12,18,21H,1-3H3,(H,19,20). The molecule has 0 saturated heterocycles. The van der Waals surface area contributed by atoms with Crippen LogP contribution < -0.4 is 10.6 Å². The third-order valence-corrected chi connectivity index (χ3v) is 3.29. The van der Waals surface area contributed by atoms with Gasteiger partial charge in [0, 0.05) is 24.3 Å². The molecule has 1 unspecified atom stereocenters. The third kappa shape index (κ3) is 3.99. The lowest BCUT2D eigenvalue weighted by atomic mass is 10.1. The molecule has 0 radical (unpaired) electrons. The molecule has 0 spiro atoms. The van der Waals surface area contributed by atoms with E-state index >= 15 is 0 Å². The average Bonchev–Trinajstić information content (AvgIpc) is 2.41. The Bertz CT molecular complexity index is 653. The first-order valence-corrected chi connectivity index (χ1v) is 6.89. The highest BCUT2D eigenvalue weighted by molar-refractivity contribution is 5.88. The molecule has 0 saturated carbocycles. The van der Waals surface area contributed by atoms with Gasteiger partial charge in [0.05, 0.1) is 0 Å². The number of carbonyl (C=O) groups is 1. The fraction of sp³-hybridized carbons (Fsp3) is 0.235. The van der Waals surface area contributed by atoms with Gasteiger partial charge in [0.15, 0.2) is 0 Å². The van der Waals surface area contributed by atoms with Gasteiger partial charge in [0.25, 0.3) is 0 Å². The summed E-state index contributed by atoms with van der Waals surface area (Å²) < 4.78 is 0. The fourth-order valence-electron chi connectivity index (χ4n) is 2.22. The van der Waals surface area contributed by atoms with Crippen molar-refractivity contribution in [3.63, 3.8) is 0 Å². The number of amides is 1. The molecule has 0 aromatic heterocycles. The molecule has 21 heavy (non-hydrogen) atoms. The van der Waals surface area contributed by atoms with Crippen molar-refractivity contribution in [2.75, 3.05) is 10.6 Å². The Kier molecular flexibility index (Phi) is 4.48. The highest BCUT2D eigenvalue weighted by Crippen LogP contribution is 2.26. The predicted molar refractivity (Wildman–Crippen MR) is 85.6 cm³/mol. The molecule has 0 aliphatic carbocycles. The minimum Gasteiger partial charge on any atom is -0.508 e. The molecule has 0 bridgehead atoms. The van der Waals surface area contributed by atoms with Crippen molar-refractivity contribution < 1.29 is 9.90 Å². The first-order chi connectivity index (χ1) is 9.95. The second-order valence-electron chi connectivity index (χ2n) is 5.17. The summed E-state index contributed by atoms with van der Waals surface area (Å²) in [6, 6.07) is 13.1. The number of anilines is 2. The number of aromatic hydroxyl groups is 1. The number of hydrogen-bond donors (Lipinski definition) is 3. The number of benzene rings is 2. The van der Waals surface area contributed by atoms with Crippen molar-refractivity contribution in [2.45, 2.75) is 26.8 Å². The zero-order valence-corrected chi connectivity index (χ0v) is 12.5. The SMILES string of the molecule is CC(=O)Nc1cccc(C(C)Nc2ccc(O)cc2C)c1. The van der Waals surface area contributed by atoms with E-state index in [2.05, 4.69) is 17.6 Å². The maximum atomic E-state index is 11.1. The van der Waals surface area contributed by atoms with Crippen LogP contribution in [0.1, 0.15) is 31.0 Å². The van der Waals surface area contributed by atoms with Gasteiger partial charge in [-0.15, -0.1) is 0 Å². The summed E-state index contributed by atoms with van der Waals surface area (Å²) in [7, 11) is 0. The second kappa shape index (κ2) is 6.31. The third-order valence-electron chi connectivity index (χ3n) is 3.29. The predicted octanol–water partition coefficient (Wildman–Crippen LogP) is 3.83. The largest absolute Gasteiger partial charge is 0.508 e. The molecule has 110 valence electrons. The maximum Gasteiger partial charge on any atom is 0.221 e. The van der Waals surface area contributed by atoms with Gasteiger partial charge in [0.2, 0.25) is 5.91 Å². The molecule has 0 heterocycles. The van der Waals surface area contributed by atoms with Crippen LogP contribution in [0.25, 0.3) is 0 Å². The second-order valence-corrected chi connectivity index (χ2v) is 5.17. The van der Waals surface area contributed by atoms with Crippen LogP contribution in [0, 0.1) is 6.92 Å². The van der Waals surface area contributed by atoms with E-state index in [1.165, 1.54) is 6.92 Å². The Morgan fingerprint density at radius 2 is 1.95 bits per heavy atom. The Labute approximate surface area is 124 Å². The van der Waals surface area contributed by atoms with Crippen LogP contribution in [0.2, 0.25) is 0 Å². The van der Waals surface area contributed by atoms with E-state index in [4.69, 9.17) is 0 Å². The molecule has 2 aromatic carbocycles. The summed E-state index contributed by atoms with van der Waals surface area (Å²) >= 11 is 0. The zero-order valence-electron chi connectivity index (χ0n) is 12.5. The van der Waals surface area contributed by atoms with E-state index in [9.17, 15) is 9.90 Å². The summed E-state index contributed by atoms with van der Waals surface area (Å²) in [5.74, 6) is 0.181. The van der Waals surface area contributed by atoms with Gasteiger partial charge in [0.1, 0.15) is 5.75 Å². The summed E-state index contributed by atoms with van der Waals surface area (Å²) in [6.45, 7) is 5.50. The van der Waals surface area contributed by atoms with Gasteiger partial charge >= 0.3 is 0 Å². The van der Waals surface area contributed by atoms with Gasteiger partial charge in [-0.3, -0.25) is 4.79 Å². The Morgan fingerprint density at radius 1 is 1.19 bits per heavy atom. The lowest BCUT2D eigenvalue weighted by molar-refractivity contribution is -0.114. The molecule has 1 atom stereocenters. The molecule has 0 aliphatic rings. The number of nitrogens with one attached hydrogen (secondary N) is 2. The summed E-state index contributed by atoms with van der Waals surface area (Å²) in [5, 5.41) is 15.6. The summed E-state index contributed by atoms with van der Waals surface area (Å²) in [6.07, 6.45) is 0. The molecule has 3 N–H and O–H groups in total. The van der Waals surface area contributed by atoms with E-state index in [0.717, 1.165) is 22.5 Å². The summed E-state index contributed by atoms with van der Waals surface area (Å²) in [5.41, 5.74) is 3.83. The van der Waals surface area contributed by atoms with Gasteiger partial charge in [-0.25, -0.2) is 0 Å². The van der Waals surface area contributed by atoms with Gasteiger partial charge in [-0.05, 0) is 55.3 Å². The monoisotopic (exact) mass is 284 g/mol. The normalized spacial score (nSPS) is 11.8. The molecule has 2 rings (SSSR count). The van der Waals surface area contributed by atoms with Crippen molar-refractivity contribution >= 4 is 17.3 Å². The van der Waals surface area contributed by atoms with Crippen LogP contribution in [-0.2, 0) is 4.79 Å². The molecule has 0 aliphatic heterocycles. The van der Waals surface area contributed by atoms with E-state index in [1.807, 2.05) is 37.3 Å². The van der Waals surface area contributed by atoms with Crippen LogP contribution >= 0.6 is 0 Å². The van der Waals surface area contributed by atoms with Crippen LogP contribution in [0.15, 0.2) is 42.5 Å². The number of phenolic OH excluding ortho intramolecular Hbond substituents is 1. The van der Waals surface area contributed by atoms with Gasteiger partial charge in [-0.1, -0.05) is 12.1 Å². The average molecular weight is 284 g/mol. The highest BCUT2D eigenvalue weighted by Gasteiger charge is 2.08. The maximum absolute atomic E-state index is 11.1. The van der Waals surface area contributed by atoms with Crippen LogP contribution in [0.5, 0.6) is 5.75 Å². The topological polar surface area (TPSA) is 61.4 Å². The van der Waals surface area contributed by atoms with Gasteiger partial charge in [-0.2, -0.15) is 0 Å². The molecular weight excluding hydrogens is 264 g/mol. The number of carbonyl (C=O) groups excluding carboxylic acids is 1. The van der Waals surface area contributed by atoms with Crippen molar-refractivity contribution in [3.05, 3.63) is 53.6 Å². The molecule has 0 fully saturated rings. The minimum atomic E-state index is -0.0814. The highest BCUT2D eigenvalue weighted by atomic mass is 16.3. The minimum absolute atomic E-state index is 0.0814. The number of rotatable bonds is 4. The molecule has 4 nitrogen and oxygen atoms in total. The first-order valence-electron chi connectivity index (χ1n) is 6.89. The molecule has 2 aromatic rings. The quantitative estimate of drug-likeness (QED) is 0.748. The van der Waals surface area contributed by atoms with Crippen LogP contribution in [0.4, 0.5) is 11.4 Å². The van der Waals surface area contributed by atoms with E-state index < -0.39 is 0 Å². The van der Waals surface area contributed by atoms with Crippen molar-refractivity contribution in [2.24, 2.45) is 0 Å². The Hall–Kier alpha value is -2.49. The Morgan fingerprint density at radius 3 is 2.62 bits per heavy atom. The number of aryl methyl sites for hydroxylation is 1.